The van der Waals surface area contributed by atoms with Gasteiger partial charge in [-0.05, 0) is 55.4 Å². The maximum atomic E-state index is 13.2. The van der Waals surface area contributed by atoms with E-state index < -0.39 is 0 Å². The molecule has 2 aromatic carbocycles. The minimum atomic E-state index is 0.0534. The predicted molar refractivity (Wildman–Crippen MR) is 107 cm³/mol. The van der Waals surface area contributed by atoms with Gasteiger partial charge in [0, 0.05) is 19.0 Å². The van der Waals surface area contributed by atoms with Crippen molar-refractivity contribution in [1.82, 2.24) is 14.9 Å². The molecule has 4 nitrogen and oxygen atoms in total. The van der Waals surface area contributed by atoms with Crippen LogP contribution in [0, 0.1) is 0 Å². The number of amides is 1. The Morgan fingerprint density at radius 2 is 1.78 bits per heavy atom. The van der Waals surface area contributed by atoms with Gasteiger partial charge in [-0.15, -0.1) is 0 Å². The van der Waals surface area contributed by atoms with Crippen LogP contribution in [0.25, 0.3) is 11.0 Å². The Bertz CT molecular complexity index is 935. The van der Waals surface area contributed by atoms with Crippen LogP contribution in [0.4, 0.5) is 0 Å². The molecule has 1 aliphatic heterocycles. The summed E-state index contributed by atoms with van der Waals surface area (Å²) in [6, 6.07) is 16.7. The van der Waals surface area contributed by atoms with Crippen LogP contribution in [0.15, 0.2) is 48.5 Å². The van der Waals surface area contributed by atoms with Crippen molar-refractivity contribution in [3.05, 3.63) is 65.5 Å². The molecule has 3 aromatic rings. The number of H-pyrrole nitrogens is 1. The van der Waals surface area contributed by atoms with E-state index in [9.17, 15) is 4.79 Å². The maximum absolute atomic E-state index is 13.2. The van der Waals surface area contributed by atoms with Gasteiger partial charge in [0.25, 0.3) is 0 Å². The number of nitrogens with zero attached hydrogens (tertiary/aromatic N) is 2. The third kappa shape index (κ3) is 3.03. The molecule has 5 rings (SSSR count). The van der Waals surface area contributed by atoms with Crippen molar-refractivity contribution >= 4 is 16.9 Å². The summed E-state index contributed by atoms with van der Waals surface area (Å²) < 4.78 is 0. The van der Waals surface area contributed by atoms with Gasteiger partial charge in [0.05, 0.1) is 17.0 Å². The van der Waals surface area contributed by atoms with E-state index in [-0.39, 0.29) is 5.92 Å². The van der Waals surface area contributed by atoms with Gasteiger partial charge in [-0.1, -0.05) is 36.4 Å². The van der Waals surface area contributed by atoms with E-state index in [2.05, 4.69) is 46.3 Å². The fourth-order valence-electron chi connectivity index (χ4n) is 4.77. The van der Waals surface area contributed by atoms with Crippen molar-refractivity contribution in [2.75, 3.05) is 13.1 Å². The number of fused-ring (bicyclic) bond motifs is 2. The van der Waals surface area contributed by atoms with Gasteiger partial charge in [0.15, 0.2) is 0 Å². The lowest BCUT2D eigenvalue weighted by Gasteiger charge is -2.35. The highest BCUT2D eigenvalue weighted by molar-refractivity contribution is 5.84. The lowest BCUT2D eigenvalue weighted by atomic mass is 9.81. The number of imidazole rings is 1. The quantitative estimate of drug-likeness (QED) is 0.738. The number of piperidine rings is 1. The molecule has 1 N–H and O–H groups in total. The zero-order valence-electron chi connectivity index (χ0n) is 15.5. The number of rotatable bonds is 2. The van der Waals surface area contributed by atoms with Crippen molar-refractivity contribution < 1.29 is 4.79 Å². The summed E-state index contributed by atoms with van der Waals surface area (Å²) in [6.07, 6.45) is 5.18. The van der Waals surface area contributed by atoms with Crippen LogP contribution in [0.5, 0.6) is 0 Å². The molecule has 0 bridgehead atoms. The average molecular weight is 359 g/mol. The van der Waals surface area contributed by atoms with Crippen LogP contribution in [0.3, 0.4) is 0 Å². The minimum absolute atomic E-state index is 0.0534. The summed E-state index contributed by atoms with van der Waals surface area (Å²) in [4.78, 5) is 23.5. The van der Waals surface area contributed by atoms with Crippen molar-refractivity contribution in [2.24, 2.45) is 0 Å². The largest absolute Gasteiger partial charge is 0.342 e. The van der Waals surface area contributed by atoms with Gasteiger partial charge in [-0.3, -0.25) is 4.79 Å². The molecule has 1 unspecified atom stereocenters. The van der Waals surface area contributed by atoms with E-state index in [4.69, 9.17) is 4.98 Å². The molecule has 1 amide bonds. The Morgan fingerprint density at radius 3 is 2.63 bits per heavy atom. The molecule has 0 saturated carbocycles. The van der Waals surface area contributed by atoms with Crippen molar-refractivity contribution in [1.29, 1.82) is 0 Å². The van der Waals surface area contributed by atoms with E-state index in [1.54, 1.807) is 0 Å². The molecular weight excluding hydrogens is 334 g/mol. The predicted octanol–water partition coefficient (Wildman–Crippen LogP) is 4.39. The summed E-state index contributed by atoms with van der Waals surface area (Å²) in [5, 5.41) is 0. The summed E-state index contributed by atoms with van der Waals surface area (Å²) in [5.41, 5.74) is 4.75. The third-order valence-corrected chi connectivity index (χ3v) is 6.27. The number of para-hydroxylation sites is 2. The number of aromatic amines is 1. The highest BCUT2D eigenvalue weighted by Crippen LogP contribution is 2.35. The first-order chi connectivity index (χ1) is 13.3. The summed E-state index contributed by atoms with van der Waals surface area (Å²) >= 11 is 0. The highest BCUT2D eigenvalue weighted by atomic mass is 16.2. The summed E-state index contributed by atoms with van der Waals surface area (Å²) in [6.45, 7) is 1.67. The molecule has 1 fully saturated rings. The van der Waals surface area contributed by atoms with E-state index in [1.807, 2.05) is 12.1 Å². The molecule has 1 aromatic heterocycles. The van der Waals surface area contributed by atoms with Crippen LogP contribution in [-0.4, -0.2) is 33.9 Å². The van der Waals surface area contributed by atoms with Gasteiger partial charge in [-0.25, -0.2) is 4.98 Å². The maximum Gasteiger partial charge on any atom is 0.230 e. The minimum Gasteiger partial charge on any atom is -0.342 e. The molecule has 1 saturated heterocycles. The van der Waals surface area contributed by atoms with E-state index >= 15 is 0 Å². The second-order valence-electron chi connectivity index (χ2n) is 7.88. The molecule has 1 aliphatic carbocycles. The van der Waals surface area contributed by atoms with Crippen LogP contribution >= 0.6 is 0 Å². The summed E-state index contributed by atoms with van der Waals surface area (Å²) in [7, 11) is 0. The van der Waals surface area contributed by atoms with Crippen LogP contribution < -0.4 is 0 Å². The molecule has 4 heteroatoms. The van der Waals surface area contributed by atoms with Gasteiger partial charge in [0.2, 0.25) is 5.91 Å². The van der Waals surface area contributed by atoms with Crippen LogP contribution in [0.1, 0.15) is 54.5 Å². The van der Waals surface area contributed by atoms with Gasteiger partial charge < -0.3 is 9.88 Å². The number of likely N-dealkylation sites (tertiary alicyclic amines) is 1. The fourth-order valence-corrected chi connectivity index (χ4v) is 4.77. The van der Waals surface area contributed by atoms with Gasteiger partial charge in [-0.2, -0.15) is 0 Å². The van der Waals surface area contributed by atoms with Crippen molar-refractivity contribution in [3.8, 4) is 0 Å². The molecule has 0 spiro atoms. The van der Waals surface area contributed by atoms with Crippen LogP contribution in [-0.2, 0) is 11.2 Å². The van der Waals surface area contributed by atoms with Gasteiger partial charge >= 0.3 is 0 Å². The number of benzene rings is 2. The Morgan fingerprint density at radius 1 is 1.00 bits per heavy atom. The normalized spacial score (nSPS) is 20.6. The first-order valence-corrected chi connectivity index (χ1v) is 10.1. The van der Waals surface area contributed by atoms with E-state index in [1.165, 1.54) is 11.1 Å². The zero-order chi connectivity index (χ0) is 18.2. The molecule has 2 aliphatic rings. The molecule has 1 atom stereocenters. The topological polar surface area (TPSA) is 49.0 Å². The second kappa shape index (κ2) is 6.84. The smallest absolute Gasteiger partial charge is 0.230 e. The Balaban J connectivity index is 1.28. The Labute approximate surface area is 159 Å². The second-order valence-corrected chi connectivity index (χ2v) is 7.88. The molecule has 0 radical (unpaired) electrons. The Kier molecular flexibility index (Phi) is 4.19. The molecular formula is C23H25N3O. The van der Waals surface area contributed by atoms with Gasteiger partial charge in [0.1, 0.15) is 5.82 Å². The SMILES string of the molecule is O=C(C1CCCc2ccccc21)N1CCC(c2nc3ccccc3[nH]2)CC1. The van der Waals surface area contributed by atoms with Crippen molar-refractivity contribution in [2.45, 2.75) is 43.9 Å². The lowest BCUT2D eigenvalue weighted by Crippen LogP contribution is -2.41. The molecule has 138 valence electrons. The molecule has 27 heavy (non-hydrogen) atoms. The standard InChI is InChI=1S/C23H25N3O/c27-23(19-9-5-7-16-6-1-2-8-18(16)19)26-14-12-17(13-15-26)22-24-20-10-3-4-11-21(20)25-22/h1-4,6,8,10-11,17,19H,5,7,9,12-15H2,(H,24,25). The monoisotopic (exact) mass is 359 g/mol. The first kappa shape index (κ1) is 16.5. The Hall–Kier alpha value is -2.62. The number of aromatic nitrogens is 2. The van der Waals surface area contributed by atoms with Crippen molar-refractivity contribution in [3.63, 3.8) is 0 Å². The van der Waals surface area contributed by atoms with E-state index in [0.29, 0.717) is 11.8 Å². The fraction of sp³-hybridized carbons (Fsp3) is 0.391. The van der Waals surface area contributed by atoms with Crippen LogP contribution in [0.2, 0.25) is 0 Å². The highest BCUT2D eigenvalue weighted by Gasteiger charge is 2.32. The third-order valence-electron chi connectivity index (χ3n) is 6.27. The van der Waals surface area contributed by atoms with E-state index in [0.717, 1.165) is 62.1 Å². The number of hydrogen-bond acceptors (Lipinski definition) is 2. The number of carbonyl (C=O) groups is 1. The number of hydrogen-bond donors (Lipinski definition) is 1. The zero-order valence-corrected chi connectivity index (χ0v) is 15.5. The first-order valence-electron chi connectivity index (χ1n) is 10.1. The number of carbonyl (C=O) groups excluding carboxylic acids is 1. The average Bonchev–Trinajstić information content (AvgIpc) is 3.17. The summed E-state index contributed by atoms with van der Waals surface area (Å²) in [5.74, 6) is 1.87. The molecule has 2 heterocycles. The number of aryl methyl sites for hydroxylation is 1. The number of nitrogens with one attached hydrogen (secondary N) is 1. The lowest BCUT2D eigenvalue weighted by molar-refractivity contribution is -0.134.